The van der Waals surface area contributed by atoms with Gasteiger partial charge in [0.2, 0.25) is 11.8 Å². The summed E-state index contributed by atoms with van der Waals surface area (Å²) in [5.41, 5.74) is 3.61. The highest BCUT2D eigenvalue weighted by atomic mass is 79.9. The summed E-state index contributed by atoms with van der Waals surface area (Å²) in [7, 11) is 1.76. The summed E-state index contributed by atoms with van der Waals surface area (Å²) >= 11 is 3.36. The van der Waals surface area contributed by atoms with E-state index in [2.05, 4.69) is 26.6 Å². The number of likely N-dealkylation sites (N-methyl/N-ethyl adjacent to an activating group) is 1. The monoisotopic (exact) mass is 417 g/mol. The first kappa shape index (κ1) is 20.1. The number of hydrogen-bond acceptors (Lipinski definition) is 3. The maximum atomic E-state index is 12.4. The van der Waals surface area contributed by atoms with E-state index in [0.29, 0.717) is 0 Å². The topological polar surface area (TPSA) is 61.4 Å². The van der Waals surface area contributed by atoms with Gasteiger partial charge in [0, 0.05) is 15.8 Å². The van der Waals surface area contributed by atoms with Crippen molar-refractivity contribution < 1.29 is 9.59 Å². The first-order valence-electron chi connectivity index (χ1n) is 8.40. The van der Waals surface area contributed by atoms with Crippen molar-refractivity contribution in [3.8, 4) is 0 Å². The van der Waals surface area contributed by atoms with Gasteiger partial charge in [-0.05, 0) is 69.3 Å². The molecule has 0 heterocycles. The minimum absolute atomic E-state index is 0.127. The Morgan fingerprint density at radius 1 is 1.08 bits per heavy atom. The number of aryl methyl sites for hydroxylation is 2. The van der Waals surface area contributed by atoms with Crippen molar-refractivity contribution in [1.29, 1.82) is 0 Å². The zero-order chi connectivity index (χ0) is 19.3. The Labute approximate surface area is 162 Å². The minimum atomic E-state index is -0.442. The molecule has 6 heteroatoms. The fourth-order valence-corrected chi connectivity index (χ4v) is 2.67. The molecule has 2 aromatic rings. The maximum absolute atomic E-state index is 12.4. The molecule has 2 rings (SSSR count). The van der Waals surface area contributed by atoms with Crippen LogP contribution in [0.25, 0.3) is 0 Å². The number of amides is 2. The molecule has 0 aliphatic heterocycles. The van der Waals surface area contributed by atoms with Gasteiger partial charge in [0.1, 0.15) is 0 Å². The van der Waals surface area contributed by atoms with Crippen LogP contribution >= 0.6 is 15.9 Å². The summed E-state index contributed by atoms with van der Waals surface area (Å²) in [4.78, 5) is 26.4. The van der Waals surface area contributed by atoms with E-state index in [0.717, 1.165) is 27.0 Å². The van der Waals surface area contributed by atoms with Crippen molar-refractivity contribution in [3.63, 3.8) is 0 Å². The Kier molecular flexibility index (Phi) is 6.94. The number of benzene rings is 2. The van der Waals surface area contributed by atoms with Gasteiger partial charge in [0.25, 0.3) is 0 Å². The van der Waals surface area contributed by atoms with Crippen molar-refractivity contribution in [1.82, 2.24) is 4.90 Å². The van der Waals surface area contributed by atoms with E-state index in [1.165, 1.54) is 0 Å². The molecule has 0 radical (unpaired) electrons. The lowest BCUT2D eigenvalue weighted by atomic mass is 10.1. The third kappa shape index (κ3) is 5.68. The summed E-state index contributed by atoms with van der Waals surface area (Å²) in [6, 6.07) is 12.8. The number of nitrogens with one attached hydrogen (secondary N) is 2. The van der Waals surface area contributed by atoms with E-state index in [-0.39, 0.29) is 18.4 Å². The maximum Gasteiger partial charge on any atom is 0.241 e. The zero-order valence-electron chi connectivity index (χ0n) is 15.5. The first-order chi connectivity index (χ1) is 12.3. The molecular formula is C20H24BrN3O2. The lowest BCUT2D eigenvalue weighted by Crippen LogP contribution is -2.43. The summed E-state index contributed by atoms with van der Waals surface area (Å²) in [5.74, 6) is -0.307. The van der Waals surface area contributed by atoms with E-state index in [4.69, 9.17) is 0 Å². The van der Waals surface area contributed by atoms with Crippen LogP contribution in [0.15, 0.2) is 46.9 Å². The van der Waals surface area contributed by atoms with Crippen LogP contribution in [-0.2, 0) is 9.59 Å². The van der Waals surface area contributed by atoms with Gasteiger partial charge in [-0.25, -0.2) is 0 Å². The van der Waals surface area contributed by atoms with Crippen LogP contribution in [0.3, 0.4) is 0 Å². The molecular weight excluding hydrogens is 394 g/mol. The zero-order valence-corrected chi connectivity index (χ0v) is 17.1. The average Bonchev–Trinajstić information content (AvgIpc) is 2.59. The fourth-order valence-electron chi connectivity index (χ4n) is 2.40. The molecule has 138 valence electrons. The number of anilines is 2. The predicted octanol–water partition coefficient (Wildman–Crippen LogP) is 3.96. The molecule has 0 fully saturated rings. The molecule has 0 spiro atoms. The van der Waals surface area contributed by atoms with Crippen molar-refractivity contribution in [2.75, 3.05) is 24.2 Å². The SMILES string of the molecule is Cc1ccc(C)c(NC(=O)CN(C)[C@H](C)C(=O)Nc2ccc(Br)cc2)c1. The average molecular weight is 418 g/mol. The Hall–Kier alpha value is -2.18. The van der Waals surface area contributed by atoms with Gasteiger partial charge in [-0.15, -0.1) is 0 Å². The lowest BCUT2D eigenvalue weighted by Gasteiger charge is -2.23. The van der Waals surface area contributed by atoms with E-state index >= 15 is 0 Å². The number of nitrogens with zero attached hydrogens (tertiary/aromatic N) is 1. The molecule has 2 N–H and O–H groups in total. The van der Waals surface area contributed by atoms with Crippen LogP contribution in [0.2, 0.25) is 0 Å². The molecule has 0 aliphatic rings. The Morgan fingerprint density at radius 2 is 1.73 bits per heavy atom. The van der Waals surface area contributed by atoms with Crippen LogP contribution in [0.5, 0.6) is 0 Å². The van der Waals surface area contributed by atoms with Crippen LogP contribution in [0, 0.1) is 13.8 Å². The minimum Gasteiger partial charge on any atom is -0.325 e. The molecule has 5 nitrogen and oxygen atoms in total. The van der Waals surface area contributed by atoms with E-state index in [1.54, 1.807) is 18.9 Å². The molecule has 1 atom stereocenters. The van der Waals surface area contributed by atoms with Gasteiger partial charge >= 0.3 is 0 Å². The molecule has 26 heavy (non-hydrogen) atoms. The highest BCUT2D eigenvalue weighted by Gasteiger charge is 2.20. The largest absolute Gasteiger partial charge is 0.325 e. The van der Waals surface area contributed by atoms with Gasteiger partial charge in [-0.1, -0.05) is 28.1 Å². The molecule has 0 bridgehead atoms. The van der Waals surface area contributed by atoms with Crippen molar-refractivity contribution in [2.24, 2.45) is 0 Å². The van der Waals surface area contributed by atoms with Gasteiger partial charge in [-0.2, -0.15) is 0 Å². The Morgan fingerprint density at radius 3 is 2.38 bits per heavy atom. The summed E-state index contributed by atoms with van der Waals surface area (Å²) in [6.07, 6.45) is 0. The van der Waals surface area contributed by atoms with Crippen LogP contribution in [0.4, 0.5) is 11.4 Å². The molecule has 2 amide bonds. The molecule has 2 aromatic carbocycles. The van der Waals surface area contributed by atoms with E-state index in [1.807, 2.05) is 56.3 Å². The molecule has 0 saturated heterocycles. The van der Waals surface area contributed by atoms with Gasteiger partial charge in [0.05, 0.1) is 12.6 Å². The smallest absolute Gasteiger partial charge is 0.241 e. The van der Waals surface area contributed by atoms with Crippen molar-refractivity contribution >= 4 is 39.1 Å². The van der Waals surface area contributed by atoms with Crippen LogP contribution < -0.4 is 10.6 Å². The predicted molar refractivity (Wildman–Crippen MR) is 109 cm³/mol. The highest BCUT2D eigenvalue weighted by molar-refractivity contribution is 9.10. The first-order valence-corrected chi connectivity index (χ1v) is 9.19. The second kappa shape index (κ2) is 8.96. The fraction of sp³-hybridized carbons (Fsp3) is 0.300. The summed E-state index contributed by atoms with van der Waals surface area (Å²) in [6.45, 7) is 5.84. The second-order valence-electron chi connectivity index (χ2n) is 6.45. The number of halogens is 1. The van der Waals surface area contributed by atoms with E-state index in [9.17, 15) is 9.59 Å². The lowest BCUT2D eigenvalue weighted by molar-refractivity contribution is -0.122. The summed E-state index contributed by atoms with van der Waals surface area (Å²) in [5, 5.41) is 5.77. The Bertz CT molecular complexity index is 790. The molecule has 0 aromatic heterocycles. The highest BCUT2D eigenvalue weighted by Crippen LogP contribution is 2.17. The van der Waals surface area contributed by atoms with Crippen molar-refractivity contribution in [3.05, 3.63) is 58.1 Å². The van der Waals surface area contributed by atoms with Crippen LogP contribution in [0.1, 0.15) is 18.1 Å². The number of rotatable bonds is 6. The quantitative estimate of drug-likeness (QED) is 0.747. The number of hydrogen-bond donors (Lipinski definition) is 2. The molecule has 0 aliphatic carbocycles. The third-order valence-corrected chi connectivity index (χ3v) is 4.74. The standard InChI is InChI=1S/C20H24BrN3O2/c1-13-5-6-14(2)18(11-13)23-19(25)12-24(4)15(3)20(26)22-17-9-7-16(21)8-10-17/h5-11,15H,12H2,1-4H3,(H,22,26)(H,23,25)/t15-/m1/s1. The number of carbonyl (C=O) groups is 2. The van der Waals surface area contributed by atoms with Crippen molar-refractivity contribution in [2.45, 2.75) is 26.8 Å². The van der Waals surface area contributed by atoms with Gasteiger partial charge < -0.3 is 10.6 Å². The van der Waals surface area contributed by atoms with Crippen LogP contribution in [-0.4, -0.2) is 36.3 Å². The second-order valence-corrected chi connectivity index (χ2v) is 7.37. The Balaban J connectivity index is 1.91. The molecule has 0 saturated carbocycles. The number of carbonyl (C=O) groups excluding carboxylic acids is 2. The third-order valence-electron chi connectivity index (χ3n) is 4.21. The van der Waals surface area contributed by atoms with Gasteiger partial charge in [0.15, 0.2) is 0 Å². The summed E-state index contributed by atoms with van der Waals surface area (Å²) < 4.78 is 0.948. The van der Waals surface area contributed by atoms with E-state index < -0.39 is 6.04 Å². The van der Waals surface area contributed by atoms with Gasteiger partial charge in [-0.3, -0.25) is 14.5 Å². The normalized spacial score (nSPS) is 11.9. The molecule has 0 unspecified atom stereocenters.